The summed E-state index contributed by atoms with van der Waals surface area (Å²) in [6.45, 7) is 17.6. The second-order valence-electron chi connectivity index (χ2n) is 7.58. The van der Waals surface area contributed by atoms with E-state index in [0.29, 0.717) is 23.9 Å². The third kappa shape index (κ3) is 8.37. The Bertz CT molecular complexity index is 623. The van der Waals surface area contributed by atoms with E-state index in [-0.39, 0.29) is 0 Å². The molecule has 28 heavy (non-hydrogen) atoms. The fourth-order valence-electron chi connectivity index (χ4n) is 2.55. The molecule has 2 N–H and O–H groups in total. The van der Waals surface area contributed by atoms with Gasteiger partial charge in [-0.05, 0) is 27.7 Å². The Balaban J connectivity index is 0.000000411. The average Bonchev–Trinajstić information content (AvgIpc) is 3.25. The summed E-state index contributed by atoms with van der Waals surface area (Å²) in [7, 11) is 0. The number of carbonyl (C=O) groups excluding carboxylic acids is 2. The molecule has 0 fully saturated rings. The molecule has 0 aliphatic rings. The predicted octanol–water partition coefficient (Wildman–Crippen LogP) is 0.499. The molecule has 2 aromatic rings. The highest BCUT2D eigenvalue weighted by Gasteiger charge is 2.16. The number of nitrogens with one attached hydrogen (secondary N) is 2. The zero-order valence-corrected chi connectivity index (χ0v) is 18.1. The Morgan fingerprint density at radius 1 is 0.714 bits per heavy atom. The number of aromatic amines is 2. The number of H-pyrrole nitrogens is 2. The van der Waals surface area contributed by atoms with E-state index in [9.17, 15) is 0 Å². The Labute approximate surface area is 167 Å². The van der Waals surface area contributed by atoms with Crippen LogP contribution in [0.5, 0.6) is 0 Å². The van der Waals surface area contributed by atoms with Crippen LogP contribution in [-0.4, -0.2) is 21.9 Å². The number of carbonyl (C=O) groups is 2. The first-order chi connectivity index (χ1) is 12.9. The molecule has 0 radical (unpaired) electrons. The van der Waals surface area contributed by atoms with Gasteiger partial charge in [-0.3, -0.25) is 0 Å². The van der Waals surface area contributed by atoms with Crippen LogP contribution in [-0.2, 0) is 9.59 Å². The average molecular weight is 395 g/mol. The Hall–Kier alpha value is -2.64. The Kier molecular flexibility index (Phi) is 10.8. The van der Waals surface area contributed by atoms with Crippen LogP contribution in [0.4, 0.5) is 0 Å². The molecule has 158 valence electrons. The summed E-state index contributed by atoms with van der Waals surface area (Å²) in [5, 5.41) is 17.9. The van der Waals surface area contributed by atoms with E-state index < -0.39 is 11.9 Å². The van der Waals surface area contributed by atoms with E-state index in [1.165, 1.54) is 11.6 Å². The lowest BCUT2D eigenvalue weighted by molar-refractivity contribution is -0.723. The van der Waals surface area contributed by atoms with Crippen LogP contribution in [0.3, 0.4) is 0 Å². The summed E-state index contributed by atoms with van der Waals surface area (Å²) in [5.41, 5.74) is 0. The number of hydrogen-bond acceptors (Lipinski definition) is 4. The van der Waals surface area contributed by atoms with Crippen molar-refractivity contribution < 1.29 is 28.9 Å². The summed E-state index contributed by atoms with van der Waals surface area (Å²) in [4.78, 5) is 24.4. The molecular weight excluding hydrogens is 360 g/mol. The molecule has 0 amide bonds. The van der Waals surface area contributed by atoms with Crippen LogP contribution in [0.25, 0.3) is 0 Å². The molecule has 2 aromatic heterocycles. The fourth-order valence-corrected chi connectivity index (χ4v) is 2.55. The quantitative estimate of drug-likeness (QED) is 0.579. The standard InChI is InChI=1S/2C9H16N2.C2H2O4/c2*1-7(2)9-10-5-6-11(9)8(3)4;3-1(4)2(5)6/h2*5-8H,1-4H3;(H,3,4)(H,5,6). The minimum atomic E-state index is -2.19. The highest BCUT2D eigenvalue weighted by atomic mass is 16.4. The van der Waals surface area contributed by atoms with E-state index in [1.807, 2.05) is 12.4 Å². The van der Waals surface area contributed by atoms with Gasteiger partial charge in [0, 0.05) is 0 Å². The topological polar surface area (TPSA) is 120 Å². The van der Waals surface area contributed by atoms with Crippen molar-refractivity contribution in [1.82, 2.24) is 9.97 Å². The molecule has 2 heterocycles. The number of imidazole rings is 2. The van der Waals surface area contributed by atoms with Crippen LogP contribution in [0, 0.1) is 0 Å². The Morgan fingerprint density at radius 2 is 1.00 bits per heavy atom. The van der Waals surface area contributed by atoms with Gasteiger partial charge in [0.2, 0.25) is 0 Å². The lowest BCUT2D eigenvalue weighted by Gasteiger charge is -2.05. The summed E-state index contributed by atoms with van der Waals surface area (Å²) < 4.78 is 4.54. The lowest BCUT2D eigenvalue weighted by atomic mass is 10.2. The van der Waals surface area contributed by atoms with Crippen molar-refractivity contribution in [3.8, 4) is 0 Å². The molecule has 0 aliphatic heterocycles. The van der Waals surface area contributed by atoms with E-state index in [0.717, 1.165) is 0 Å². The summed E-state index contributed by atoms with van der Waals surface area (Å²) >= 11 is 0. The smallest absolute Gasteiger partial charge is 0.256 e. The molecule has 0 unspecified atom stereocenters. The van der Waals surface area contributed by atoms with Crippen molar-refractivity contribution in [3.05, 3.63) is 36.4 Å². The van der Waals surface area contributed by atoms with Gasteiger partial charge in [0.1, 0.15) is 24.8 Å². The lowest BCUT2D eigenvalue weighted by Crippen LogP contribution is -2.42. The molecule has 0 aliphatic carbocycles. The van der Waals surface area contributed by atoms with Crippen LogP contribution in [0.15, 0.2) is 24.8 Å². The normalized spacial score (nSPS) is 10.6. The summed E-state index contributed by atoms with van der Waals surface area (Å²) in [6.07, 6.45) is 8.19. The molecule has 0 atom stereocenters. The van der Waals surface area contributed by atoms with Gasteiger partial charge < -0.3 is 19.8 Å². The molecule has 0 saturated heterocycles. The molecule has 0 spiro atoms. The van der Waals surface area contributed by atoms with E-state index in [1.54, 1.807) is 0 Å². The molecule has 0 saturated carbocycles. The van der Waals surface area contributed by atoms with Crippen molar-refractivity contribution in [2.45, 2.75) is 79.3 Å². The van der Waals surface area contributed by atoms with Gasteiger partial charge >= 0.3 is 0 Å². The molecule has 8 nitrogen and oxygen atoms in total. The second-order valence-corrected chi connectivity index (χ2v) is 7.58. The number of carboxylic acids is 2. The SMILES string of the molecule is CC(C)c1[nH]cc[n+]1C(C)C.CC(C)c1[nH]cc[n+]1C(C)C.O=C([O-])C(=O)[O-]. The third-order valence-corrected chi connectivity index (χ3v) is 3.86. The minimum Gasteiger partial charge on any atom is -0.543 e. The number of aromatic nitrogens is 4. The van der Waals surface area contributed by atoms with Crippen molar-refractivity contribution in [2.24, 2.45) is 0 Å². The summed E-state index contributed by atoms with van der Waals surface area (Å²) in [5.74, 6) is -0.607. The highest BCUT2D eigenvalue weighted by Crippen LogP contribution is 2.08. The molecule has 0 aromatic carbocycles. The van der Waals surface area contributed by atoms with Crippen LogP contribution in [0.1, 0.15) is 91.0 Å². The number of carboxylic acid groups (broad SMARTS) is 2. The minimum absolute atomic E-state index is 0.554. The van der Waals surface area contributed by atoms with Crippen molar-refractivity contribution in [2.75, 3.05) is 0 Å². The maximum atomic E-state index is 8.93. The largest absolute Gasteiger partial charge is 0.543 e. The van der Waals surface area contributed by atoms with Crippen molar-refractivity contribution >= 4 is 11.9 Å². The predicted molar refractivity (Wildman–Crippen MR) is 101 cm³/mol. The first-order valence-electron chi connectivity index (χ1n) is 9.49. The van der Waals surface area contributed by atoms with Gasteiger partial charge in [-0.2, -0.15) is 0 Å². The third-order valence-electron chi connectivity index (χ3n) is 3.86. The van der Waals surface area contributed by atoms with Crippen LogP contribution >= 0.6 is 0 Å². The Morgan fingerprint density at radius 3 is 1.14 bits per heavy atom. The number of rotatable bonds is 4. The first-order valence-corrected chi connectivity index (χ1v) is 9.49. The van der Waals surface area contributed by atoms with Gasteiger partial charge in [-0.1, -0.05) is 27.7 Å². The van der Waals surface area contributed by atoms with Gasteiger partial charge in [0.15, 0.2) is 0 Å². The summed E-state index contributed by atoms with van der Waals surface area (Å²) in [6, 6.07) is 1.11. The molecule has 0 bridgehead atoms. The van der Waals surface area contributed by atoms with Crippen LogP contribution < -0.4 is 19.3 Å². The second kappa shape index (κ2) is 11.9. The van der Waals surface area contributed by atoms with Gasteiger partial charge in [-0.25, -0.2) is 19.1 Å². The number of nitrogens with zero attached hydrogens (tertiary/aromatic N) is 2. The number of aliphatic carboxylic acids is 2. The number of hydrogen-bond donors (Lipinski definition) is 2. The zero-order valence-electron chi connectivity index (χ0n) is 18.1. The maximum absolute atomic E-state index is 8.93. The highest BCUT2D eigenvalue weighted by molar-refractivity contribution is 6.25. The van der Waals surface area contributed by atoms with Crippen molar-refractivity contribution in [3.63, 3.8) is 0 Å². The molecule has 2 rings (SSSR count). The van der Waals surface area contributed by atoms with Crippen molar-refractivity contribution in [1.29, 1.82) is 0 Å². The fraction of sp³-hybridized carbons (Fsp3) is 0.600. The molecule has 8 heteroatoms. The first kappa shape index (κ1) is 25.4. The monoisotopic (exact) mass is 394 g/mol. The maximum Gasteiger partial charge on any atom is 0.256 e. The van der Waals surface area contributed by atoms with Gasteiger partial charge in [-0.15, -0.1) is 0 Å². The zero-order chi connectivity index (χ0) is 22.0. The van der Waals surface area contributed by atoms with Gasteiger partial charge in [0.05, 0.1) is 35.9 Å². The van der Waals surface area contributed by atoms with E-state index in [4.69, 9.17) is 19.8 Å². The molecular formula is C20H34N4O4. The van der Waals surface area contributed by atoms with Gasteiger partial charge in [0.25, 0.3) is 11.6 Å². The van der Waals surface area contributed by atoms with E-state index >= 15 is 0 Å². The van der Waals surface area contributed by atoms with Crippen LogP contribution in [0.2, 0.25) is 0 Å². The van der Waals surface area contributed by atoms with E-state index in [2.05, 4.69) is 86.9 Å².